The van der Waals surface area contributed by atoms with Gasteiger partial charge in [0.15, 0.2) is 0 Å². The molecule has 0 fully saturated rings. The maximum atomic E-state index is 10.1. The molecule has 0 aliphatic carbocycles. The van der Waals surface area contributed by atoms with E-state index in [0.29, 0.717) is 6.54 Å². The molecule has 0 aromatic carbocycles. The van der Waals surface area contributed by atoms with Crippen LogP contribution in [-0.2, 0) is 6.42 Å². The van der Waals surface area contributed by atoms with Gasteiger partial charge in [-0.15, -0.1) is 0 Å². The molecule has 0 aliphatic rings. The zero-order valence-electron chi connectivity index (χ0n) is 10.2. The van der Waals surface area contributed by atoms with Gasteiger partial charge in [0.1, 0.15) is 0 Å². The third kappa shape index (κ3) is 4.29. The van der Waals surface area contributed by atoms with E-state index in [2.05, 4.69) is 10.3 Å². The molecule has 3 nitrogen and oxygen atoms in total. The number of aromatic nitrogens is 1. The number of nitrogens with one attached hydrogen (secondary N) is 1. The molecular formula is C13H22N2O. The van der Waals surface area contributed by atoms with Crippen LogP contribution in [0.15, 0.2) is 24.5 Å². The summed E-state index contributed by atoms with van der Waals surface area (Å²) >= 11 is 0. The van der Waals surface area contributed by atoms with Gasteiger partial charge in [0.05, 0.1) is 5.60 Å². The third-order valence-electron chi connectivity index (χ3n) is 3.11. The van der Waals surface area contributed by atoms with Crippen molar-refractivity contribution in [2.45, 2.75) is 38.7 Å². The SMILES string of the molecule is CCC(O)(CC)CNCCc1ccncc1. The third-order valence-corrected chi connectivity index (χ3v) is 3.11. The van der Waals surface area contributed by atoms with Gasteiger partial charge in [-0.3, -0.25) is 4.98 Å². The number of hydrogen-bond donors (Lipinski definition) is 2. The van der Waals surface area contributed by atoms with Crippen LogP contribution in [0.3, 0.4) is 0 Å². The van der Waals surface area contributed by atoms with Crippen LogP contribution < -0.4 is 5.32 Å². The van der Waals surface area contributed by atoms with Crippen LogP contribution in [0.5, 0.6) is 0 Å². The first-order valence-corrected chi connectivity index (χ1v) is 6.02. The van der Waals surface area contributed by atoms with E-state index >= 15 is 0 Å². The van der Waals surface area contributed by atoms with Crippen molar-refractivity contribution in [1.82, 2.24) is 10.3 Å². The highest BCUT2D eigenvalue weighted by Gasteiger charge is 2.20. The first kappa shape index (κ1) is 13.1. The number of rotatable bonds is 7. The molecule has 0 bridgehead atoms. The molecule has 16 heavy (non-hydrogen) atoms. The van der Waals surface area contributed by atoms with E-state index in [9.17, 15) is 5.11 Å². The Morgan fingerprint density at radius 1 is 1.25 bits per heavy atom. The van der Waals surface area contributed by atoms with Crippen molar-refractivity contribution in [3.63, 3.8) is 0 Å². The van der Waals surface area contributed by atoms with Crippen molar-refractivity contribution in [2.24, 2.45) is 0 Å². The molecule has 1 heterocycles. The quantitative estimate of drug-likeness (QED) is 0.691. The predicted octanol–water partition coefficient (Wildman–Crippen LogP) is 1.76. The minimum atomic E-state index is -0.543. The van der Waals surface area contributed by atoms with Crippen LogP contribution in [0, 0.1) is 0 Å². The number of nitrogens with zero attached hydrogens (tertiary/aromatic N) is 1. The second-order valence-electron chi connectivity index (χ2n) is 4.21. The molecule has 1 aromatic rings. The van der Waals surface area contributed by atoms with E-state index in [1.54, 1.807) is 0 Å². The van der Waals surface area contributed by atoms with E-state index in [1.807, 2.05) is 38.4 Å². The highest BCUT2D eigenvalue weighted by molar-refractivity contribution is 5.09. The Morgan fingerprint density at radius 3 is 2.44 bits per heavy atom. The lowest BCUT2D eigenvalue weighted by atomic mass is 9.97. The van der Waals surface area contributed by atoms with E-state index in [0.717, 1.165) is 25.8 Å². The van der Waals surface area contributed by atoms with E-state index in [4.69, 9.17) is 0 Å². The first-order chi connectivity index (χ1) is 7.70. The fraction of sp³-hybridized carbons (Fsp3) is 0.615. The Hall–Kier alpha value is -0.930. The molecule has 0 amide bonds. The smallest absolute Gasteiger partial charge is 0.0766 e. The summed E-state index contributed by atoms with van der Waals surface area (Å²) in [4.78, 5) is 3.98. The molecule has 0 saturated heterocycles. The summed E-state index contributed by atoms with van der Waals surface area (Å²) in [7, 11) is 0. The summed E-state index contributed by atoms with van der Waals surface area (Å²) in [6.45, 7) is 5.61. The zero-order chi connectivity index (χ0) is 11.9. The van der Waals surface area contributed by atoms with Gasteiger partial charge in [0.25, 0.3) is 0 Å². The van der Waals surface area contributed by atoms with Crippen LogP contribution in [0.25, 0.3) is 0 Å². The Bertz CT molecular complexity index is 283. The van der Waals surface area contributed by atoms with Gasteiger partial charge in [-0.1, -0.05) is 13.8 Å². The second-order valence-corrected chi connectivity index (χ2v) is 4.21. The standard InChI is InChI=1S/C13H22N2O/c1-3-13(16,4-2)11-15-10-7-12-5-8-14-9-6-12/h5-6,8-9,15-16H,3-4,7,10-11H2,1-2H3. The minimum Gasteiger partial charge on any atom is -0.389 e. The average molecular weight is 222 g/mol. The fourth-order valence-electron chi connectivity index (χ4n) is 1.60. The van der Waals surface area contributed by atoms with Gasteiger partial charge in [-0.25, -0.2) is 0 Å². The molecule has 2 N–H and O–H groups in total. The summed E-state index contributed by atoms with van der Waals surface area (Å²) in [5.74, 6) is 0. The summed E-state index contributed by atoms with van der Waals surface area (Å²) in [5, 5.41) is 13.4. The molecule has 0 atom stereocenters. The van der Waals surface area contributed by atoms with E-state index < -0.39 is 5.60 Å². The highest BCUT2D eigenvalue weighted by atomic mass is 16.3. The average Bonchev–Trinajstić information content (AvgIpc) is 2.36. The van der Waals surface area contributed by atoms with Gasteiger partial charge in [0, 0.05) is 18.9 Å². The number of aliphatic hydroxyl groups is 1. The molecule has 0 unspecified atom stereocenters. The molecule has 90 valence electrons. The summed E-state index contributed by atoms with van der Waals surface area (Å²) in [6.07, 6.45) is 6.19. The lowest BCUT2D eigenvalue weighted by molar-refractivity contribution is 0.0328. The van der Waals surface area contributed by atoms with Crippen LogP contribution in [-0.4, -0.2) is 28.8 Å². The predicted molar refractivity (Wildman–Crippen MR) is 66.3 cm³/mol. The Morgan fingerprint density at radius 2 is 1.88 bits per heavy atom. The topological polar surface area (TPSA) is 45.1 Å². The maximum absolute atomic E-state index is 10.1. The monoisotopic (exact) mass is 222 g/mol. The van der Waals surface area contributed by atoms with Gasteiger partial charge < -0.3 is 10.4 Å². The largest absolute Gasteiger partial charge is 0.389 e. The molecule has 0 saturated carbocycles. The van der Waals surface area contributed by atoms with Crippen LogP contribution in [0.4, 0.5) is 0 Å². The van der Waals surface area contributed by atoms with E-state index in [1.165, 1.54) is 5.56 Å². The normalized spacial score (nSPS) is 11.7. The van der Waals surface area contributed by atoms with Gasteiger partial charge in [0.2, 0.25) is 0 Å². The first-order valence-electron chi connectivity index (χ1n) is 6.02. The lowest BCUT2D eigenvalue weighted by Gasteiger charge is -2.25. The number of hydrogen-bond acceptors (Lipinski definition) is 3. The van der Waals surface area contributed by atoms with Crippen molar-refractivity contribution < 1.29 is 5.11 Å². The molecule has 1 aromatic heterocycles. The highest BCUT2D eigenvalue weighted by Crippen LogP contribution is 2.12. The molecule has 0 radical (unpaired) electrons. The minimum absolute atomic E-state index is 0.543. The molecule has 0 spiro atoms. The van der Waals surface area contributed by atoms with Crippen LogP contribution in [0.1, 0.15) is 32.3 Å². The van der Waals surface area contributed by atoms with E-state index in [-0.39, 0.29) is 0 Å². The lowest BCUT2D eigenvalue weighted by Crippen LogP contribution is -2.40. The molecule has 1 rings (SSSR count). The van der Waals surface area contributed by atoms with Gasteiger partial charge >= 0.3 is 0 Å². The zero-order valence-corrected chi connectivity index (χ0v) is 10.2. The van der Waals surface area contributed by atoms with Gasteiger partial charge in [-0.05, 0) is 43.5 Å². The molecular weight excluding hydrogens is 200 g/mol. The molecule has 0 aliphatic heterocycles. The number of pyridine rings is 1. The Balaban J connectivity index is 2.22. The van der Waals surface area contributed by atoms with Crippen molar-refractivity contribution in [1.29, 1.82) is 0 Å². The summed E-state index contributed by atoms with van der Waals surface area (Å²) < 4.78 is 0. The van der Waals surface area contributed by atoms with Crippen molar-refractivity contribution in [2.75, 3.05) is 13.1 Å². The Kier molecular flexibility index (Phi) is 5.43. The van der Waals surface area contributed by atoms with Crippen molar-refractivity contribution in [3.05, 3.63) is 30.1 Å². The van der Waals surface area contributed by atoms with Crippen molar-refractivity contribution >= 4 is 0 Å². The Labute approximate surface area is 97.9 Å². The van der Waals surface area contributed by atoms with Crippen LogP contribution >= 0.6 is 0 Å². The summed E-state index contributed by atoms with van der Waals surface area (Å²) in [5.41, 5.74) is 0.733. The summed E-state index contributed by atoms with van der Waals surface area (Å²) in [6, 6.07) is 4.04. The van der Waals surface area contributed by atoms with Gasteiger partial charge in [-0.2, -0.15) is 0 Å². The maximum Gasteiger partial charge on any atom is 0.0766 e. The van der Waals surface area contributed by atoms with Crippen molar-refractivity contribution in [3.8, 4) is 0 Å². The fourth-order valence-corrected chi connectivity index (χ4v) is 1.60. The molecule has 3 heteroatoms. The van der Waals surface area contributed by atoms with Crippen LogP contribution in [0.2, 0.25) is 0 Å². The second kappa shape index (κ2) is 6.61.